The highest BCUT2D eigenvalue weighted by Gasteiger charge is 2.37. The first-order chi connectivity index (χ1) is 17.1. The van der Waals surface area contributed by atoms with Gasteiger partial charge in [0.05, 0.1) is 41.4 Å². The van der Waals surface area contributed by atoms with E-state index in [2.05, 4.69) is 24.8 Å². The van der Waals surface area contributed by atoms with Gasteiger partial charge >= 0.3 is 6.09 Å². The van der Waals surface area contributed by atoms with E-state index in [-0.39, 0.29) is 17.6 Å². The smallest absolute Gasteiger partial charge is 0.409 e. The topological polar surface area (TPSA) is 122 Å². The zero-order valence-electron chi connectivity index (χ0n) is 19.0. The third-order valence-corrected chi connectivity index (χ3v) is 7.21. The maximum Gasteiger partial charge on any atom is 0.409 e. The van der Waals surface area contributed by atoms with E-state index in [0.717, 1.165) is 30.7 Å². The van der Waals surface area contributed by atoms with E-state index < -0.39 is 6.09 Å². The Morgan fingerprint density at radius 3 is 2.94 bits per heavy atom. The molecule has 35 heavy (non-hydrogen) atoms. The van der Waals surface area contributed by atoms with E-state index in [0.29, 0.717) is 46.9 Å². The number of halogens is 1. The summed E-state index contributed by atoms with van der Waals surface area (Å²) < 4.78 is 6.65. The number of likely N-dealkylation sites (tertiary alicyclic amines) is 1. The molecular weight excluding hydrogens is 472 g/mol. The summed E-state index contributed by atoms with van der Waals surface area (Å²) in [6.45, 7) is 1.61. The molecule has 0 unspecified atom stereocenters. The molecular formula is C23H23ClN8O3. The summed E-state index contributed by atoms with van der Waals surface area (Å²) in [5.74, 6) is 1.37. The number of fused-ring (bicyclic) bond motifs is 2. The van der Waals surface area contributed by atoms with Gasteiger partial charge in [0, 0.05) is 19.6 Å². The van der Waals surface area contributed by atoms with Crippen LogP contribution in [0.1, 0.15) is 37.2 Å². The molecule has 5 heterocycles. The fourth-order valence-electron chi connectivity index (χ4n) is 5.31. The number of ether oxygens (including phenoxy) is 1. The number of aromatic amines is 1. The molecule has 0 saturated carbocycles. The second-order valence-corrected chi connectivity index (χ2v) is 9.19. The Morgan fingerprint density at radius 2 is 2.09 bits per heavy atom. The molecule has 1 N–H and O–H groups in total. The van der Waals surface area contributed by atoms with Crippen molar-refractivity contribution in [3.8, 4) is 0 Å². The second kappa shape index (κ2) is 8.49. The van der Waals surface area contributed by atoms with Crippen LogP contribution in [0, 0.1) is 0 Å². The van der Waals surface area contributed by atoms with Crippen molar-refractivity contribution >= 4 is 45.6 Å². The van der Waals surface area contributed by atoms with Gasteiger partial charge in [0.25, 0.3) is 5.56 Å². The van der Waals surface area contributed by atoms with E-state index in [1.54, 1.807) is 27.9 Å². The summed E-state index contributed by atoms with van der Waals surface area (Å²) in [7, 11) is 1.36. The van der Waals surface area contributed by atoms with Crippen LogP contribution in [0.3, 0.4) is 0 Å². The maximum atomic E-state index is 13.9. The van der Waals surface area contributed by atoms with Crippen LogP contribution in [0.4, 0.5) is 10.6 Å². The predicted octanol–water partition coefficient (Wildman–Crippen LogP) is 3.07. The number of imidazole rings is 1. The van der Waals surface area contributed by atoms with E-state index in [1.165, 1.54) is 13.4 Å². The predicted molar refractivity (Wildman–Crippen MR) is 130 cm³/mol. The van der Waals surface area contributed by atoms with Crippen molar-refractivity contribution in [3.63, 3.8) is 0 Å². The molecule has 2 atom stereocenters. The summed E-state index contributed by atoms with van der Waals surface area (Å²) >= 11 is 6.46. The number of rotatable bonds is 3. The molecule has 2 fully saturated rings. The van der Waals surface area contributed by atoms with Gasteiger partial charge in [0.15, 0.2) is 11.5 Å². The molecule has 0 radical (unpaired) electrons. The van der Waals surface area contributed by atoms with Crippen LogP contribution in [-0.2, 0) is 4.74 Å². The fourth-order valence-corrected chi connectivity index (χ4v) is 5.56. The first-order valence-corrected chi connectivity index (χ1v) is 11.9. The number of anilines is 1. The van der Waals surface area contributed by atoms with Crippen molar-refractivity contribution in [3.05, 3.63) is 52.1 Å². The number of hydrogen-bond donors (Lipinski definition) is 1. The van der Waals surface area contributed by atoms with E-state index in [9.17, 15) is 9.59 Å². The highest BCUT2D eigenvalue weighted by Crippen LogP contribution is 2.38. The Bertz CT molecular complexity index is 1500. The summed E-state index contributed by atoms with van der Waals surface area (Å²) in [5, 5.41) is 0.748. The number of nitrogens with zero attached hydrogens (tertiary/aromatic N) is 7. The van der Waals surface area contributed by atoms with Crippen LogP contribution in [-0.4, -0.2) is 67.2 Å². The van der Waals surface area contributed by atoms with Gasteiger partial charge in [-0.05, 0) is 31.4 Å². The number of carbonyl (C=O) groups is 1. The Hall–Kier alpha value is -3.73. The maximum absolute atomic E-state index is 13.9. The SMILES string of the molecule is COC(=O)N1CC[C@H](n2c([C@@H]3CCCN3c3ncnc4nc[nH]c34)nc3cccc(Cl)c3c2=O)C1. The minimum Gasteiger partial charge on any atom is -0.453 e. The average molecular weight is 495 g/mol. The minimum absolute atomic E-state index is 0.195. The Morgan fingerprint density at radius 1 is 1.20 bits per heavy atom. The first-order valence-electron chi connectivity index (χ1n) is 11.5. The Labute approximate surface area is 204 Å². The van der Waals surface area contributed by atoms with Crippen LogP contribution in [0.2, 0.25) is 5.02 Å². The van der Waals surface area contributed by atoms with Crippen LogP contribution >= 0.6 is 11.6 Å². The Balaban J connectivity index is 1.52. The van der Waals surface area contributed by atoms with Crippen LogP contribution in [0.5, 0.6) is 0 Å². The van der Waals surface area contributed by atoms with Crippen LogP contribution < -0.4 is 10.5 Å². The molecule has 6 rings (SSSR count). The number of methoxy groups -OCH3 is 1. The van der Waals surface area contributed by atoms with Crippen LogP contribution in [0.25, 0.3) is 22.1 Å². The van der Waals surface area contributed by atoms with Gasteiger partial charge in [-0.3, -0.25) is 9.36 Å². The van der Waals surface area contributed by atoms with Gasteiger partial charge in [-0.15, -0.1) is 0 Å². The number of H-pyrrole nitrogens is 1. The van der Waals surface area contributed by atoms with E-state index in [4.69, 9.17) is 21.3 Å². The highest BCUT2D eigenvalue weighted by atomic mass is 35.5. The third-order valence-electron chi connectivity index (χ3n) is 6.89. The number of benzene rings is 1. The molecule has 0 spiro atoms. The lowest BCUT2D eigenvalue weighted by molar-refractivity contribution is 0.131. The average Bonchev–Trinajstić information content (AvgIpc) is 3.63. The lowest BCUT2D eigenvalue weighted by atomic mass is 10.1. The van der Waals surface area contributed by atoms with Crippen molar-refractivity contribution in [2.75, 3.05) is 31.6 Å². The monoisotopic (exact) mass is 494 g/mol. The normalized spacial score (nSPS) is 20.3. The molecule has 1 aromatic carbocycles. The zero-order chi connectivity index (χ0) is 24.1. The van der Waals surface area contributed by atoms with Crippen LogP contribution in [0.15, 0.2) is 35.6 Å². The second-order valence-electron chi connectivity index (χ2n) is 8.79. The lowest BCUT2D eigenvalue weighted by Crippen LogP contribution is -2.36. The van der Waals surface area contributed by atoms with Gasteiger partial charge in [0.2, 0.25) is 0 Å². The van der Waals surface area contributed by atoms with Crippen molar-refractivity contribution in [1.82, 2.24) is 34.4 Å². The van der Waals surface area contributed by atoms with Gasteiger partial charge < -0.3 is 19.5 Å². The molecule has 11 nitrogen and oxygen atoms in total. The zero-order valence-corrected chi connectivity index (χ0v) is 19.8. The van der Waals surface area contributed by atoms with Gasteiger partial charge in [0.1, 0.15) is 17.7 Å². The van der Waals surface area contributed by atoms with Crippen molar-refractivity contribution in [2.45, 2.75) is 31.3 Å². The largest absolute Gasteiger partial charge is 0.453 e. The fraction of sp³-hybridized carbons (Fsp3) is 0.391. The van der Waals surface area contributed by atoms with Gasteiger partial charge in [-0.2, -0.15) is 0 Å². The molecule has 12 heteroatoms. The Kier molecular flexibility index (Phi) is 5.28. The van der Waals surface area contributed by atoms with E-state index in [1.807, 2.05) is 6.07 Å². The molecule has 2 aliphatic rings. The van der Waals surface area contributed by atoms with Crippen molar-refractivity contribution in [1.29, 1.82) is 0 Å². The summed E-state index contributed by atoms with van der Waals surface area (Å²) in [5.41, 5.74) is 1.68. The molecule has 180 valence electrons. The number of hydrogen-bond acceptors (Lipinski definition) is 8. The summed E-state index contributed by atoms with van der Waals surface area (Å²) in [4.78, 5) is 51.0. The molecule has 0 aliphatic carbocycles. The standard InChI is InChI=1S/C23H23ClN8O3/c1-35-23(34)30-9-7-13(10-30)32-20(29-15-5-2-4-14(24)17(15)22(32)33)16-6-3-8-31(16)21-18-19(26-11-25-18)27-12-28-21/h2,4-5,11-13,16H,3,6-10H2,1H3,(H,25,26,27,28)/t13-,16-/m0/s1. The number of carbonyl (C=O) groups excluding carboxylic acids is 1. The van der Waals surface area contributed by atoms with Gasteiger partial charge in [-0.1, -0.05) is 17.7 Å². The number of aromatic nitrogens is 6. The summed E-state index contributed by atoms with van der Waals surface area (Å²) in [6.07, 6.45) is 5.02. The molecule has 2 saturated heterocycles. The number of amides is 1. The van der Waals surface area contributed by atoms with Crippen molar-refractivity contribution in [2.24, 2.45) is 0 Å². The molecule has 4 aromatic rings. The molecule has 3 aromatic heterocycles. The minimum atomic E-state index is -0.404. The lowest BCUT2D eigenvalue weighted by Gasteiger charge is -2.29. The van der Waals surface area contributed by atoms with Crippen molar-refractivity contribution < 1.29 is 9.53 Å². The third kappa shape index (κ3) is 3.49. The molecule has 1 amide bonds. The van der Waals surface area contributed by atoms with Gasteiger partial charge in [-0.25, -0.2) is 24.7 Å². The highest BCUT2D eigenvalue weighted by molar-refractivity contribution is 6.35. The number of nitrogens with one attached hydrogen (secondary N) is 1. The van der Waals surface area contributed by atoms with E-state index >= 15 is 0 Å². The summed E-state index contributed by atoms with van der Waals surface area (Å²) in [6, 6.07) is 4.86. The quantitative estimate of drug-likeness (QED) is 0.461. The molecule has 0 bridgehead atoms. The first kappa shape index (κ1) is 21.8. The molecule has 2 aliphatic heterocycles.